The molecule has 1 aliphatic heterocycles. The number of hydrogen-bond acceptors (Lipinski definition) is 4. The van der Waals surface area contributed by atoms with E-state index in [1.807, 2.05) is 0 Å². The van der Waals surface area contributed by atoms with E-state index >= 15 is 0 Å². The minimum absolute atomic E-state index is 0.00680. The summed E-state index contributed by atoms with van der Waals surface area (Å²) >= 11 is 0. The smallest absolute Gasteiger partial charge is 0.335 e. The van der Waals surface area contributed by atoms with Crippen LogP contribution in [0.5, 0.6) is 5.75 Å². The van der Waals surface area contributed by atoms with E-state index < -0.39 is 11.9 Å². The fraction of sp³-hybridized carbons (Fsp3) is 0.133. The largest absolute Gasteiger partial charge is 0.505 e. The summed E-state index contributed by atoms with van der Waals surface area (Å²) in [6.07, 6.45) is 2.02. The van der Waals surface area contributed by atoms with E-state index in [-0.39, 0.29) is 17.0 Å². The fourth-order valence-electron chi connectivity index (χ4n) is 2.44. The number of rotatable bonds is 2. The summed E-state index contributed by atoms with van der Waals surface area (Å²) in [4.78, 5) is 28.8. The highest BCUT2D eigenvalue weighted by Gasteiger charge is 2.28. The molecule has 1 aromatic heterocycles. The fourth-order valence-corrected chi connectivity index (χ4v) is 2.44. The predicted molar refractivity (Wildman–Crippen MR) is 74.7 cm³/mol. The molecule has 0 saturated carbocycles. The maximum absolute atomic E-state index is 12.4. The van der Waals surface area contributed by atoms with Gasteiger partial charge in [0.1, 0.15) is 5.75 Å². The number of aromatic carboxylic acids is 1. The van der Waals surface area contributed by atoms with Crippen LogP contribution in [0, 0.1) is 0 Å². The number of aromatic nitrogens is 1. The van der Waals surface area contributed by atoms with Gasteiger partial charge in [-0.3, -0.25) is 4.79 Å². The number of carbonyl (C=O) groups excluding carboxylic acids is 1. The molecule has 0 spiro atoms. The van der Waals surface area contributed by atoms with Crippen molar-refractivity contribution in [2.24, 2.45) is 0 Å². The first kappa shape index (κ1) is 13.1. The second-order valence-corrected chi connectivity index (χ2v) is 4.73. The number of pyridine rings is 1. The number of carboxylic acids is 1. The zero-order valence-corrected chi connectivity index (χ0v) is 11.0. The standard InChI is InChI=1S/C15H12N2O4/c18-12-2-1-6-16-13(12)14(19)17-7-5-9-8-10(15(20)21)3-4-11(9)17/h1-4,6,8,18H,5,7H2,(H,20,21). The lowest BCUT2D eigenvalue weighted by Gasteiger charge is -2.17. The molecule has 1 aromatic carbocycles. The van der Waals surface area contributed by atoms with Crippen LogP contribution in [-0.4, -0.2) is 33.6 Å². The van der Waals surface area contributed by atoms with Crippen molar-refractivity contribution in [3.63, 3.8) is 0 Å². The zero-order chi connectivity index (χ0) is 15.0. The van der Waals surface area contributed by atoms with Crippen LogP contribution in [0.1, 0.15) is 26.4 Å². The summed E-state index contributed by atoms with van der Waals surface area (Å²) in [5.74, 6) is -1.56. The first-order chi connectivity index (χ1) is 10.1. The molecule has 3 rings (SSSR count). The van der Waals surface area contributed by atoms with Crippen LogP contribution in [0.15, 0.2) is 36.5 Å². The Morgan fingerprint density at radius 3 is 2.76 bits per heavy atom. The second-order valence-electron chi connectivity index (χ2n) is 4.73. The van der Waals surface area contributed by atoms with Gasteiger partial charge in [0.15, 0.2) is 5.69 Å². The highest BCUT2D eigenvalue weighted by molar-refractivity contribution is 6.07. The van der Waals surface area contributed by atoms with Gasteiger partial charge in [-0.2, -0.15) is 0 Å². The highest BCUT2D eigenvalue weighted by Crippen LogP contribution is 2.31. The average Bonchev–Trinajstić information content (AvgIpc) is 2.90. The van der Waals surface area contributed by atoms with E-state index in [1.165, 1.54) is 23.2 Å². The van der Waals surface area contributed by atoms with Gasteiger partial charge in [0.25, 0.3) is 5.91 Å². The van der Waals surface area contributed by atoms with Crippen LogP contribution in [-0.2, 0) is 6.42 Å². The topological polar surface area (TPSA) is 90.7 Å². The number of amides is 1. The minimum Gasteiger partial charge on any atom is -0.505 e. The maximum Gasteiger partial charge on any atom is 0.335 e. The highest BCUT2D eigenvalue weighted by atomic mass is 16.4. The van der Waals surface area contributed by atoms with Crippen LogP contribution in [0.25, 0.3) is 0 Å². The molecule has 1 aliphatic rings. The molecule has 2 heterocycles. The molecule has 6 nitrogen and oxygen atoms in total. The van der Waals surface area contributed by atoms with Crippen molar-refractivity contribution in [2.45, 2.75) is 6.42 Å². The van der Waals surface area contributed by atoms with Crippen molar-refractivity contribution < 1.29 is 19.8 Å². The minimum atomic E-state index is -0.995. The second kappa shape index (κ2) is 4.90. The number of aromatic hydroxyl groups is 1. The Hall–Kier alpha value is -2.89. The molecule has 0 radical (unpaired) electrons. The van der Waals surface area contributed by atoms with Gasteiger partial charge in [-0.25, -0.2) is 9.78 Å². The van der Waals surface area contributed by atoms with Crippen molar-refractivity contribution in [1.82, 2.24) is 4.98 Å². The summed E-state index contributed by atoms with van der Waals surface area (Å²) in [5, 5.41) is 18.7. The molecule has 21 heavy (non-hydrogen) atoms. The molecule has 2 aromatic rings. The SMILES string of the molecule is O=C(O)c1ccc2c(c1)CCN2C(=O)c1ncccc1O. The van der Waals surface area contributed by atoms with Gasteiger partial charge in [0.2, 0.25) is 0 Å². The molecule has 0 unspecified atom stereocenters. The molecule has 1 amide bonds. The van der Waals surface area contributed by atoms with Crippen molar-refractivity contribution in [3.8, 4) is 5.75 Å². The molecule has 2 N–H and O–H groups in total. The van der Waals surface area contributed by atoms with E-state index in [0.717, 1.165) is 5.56 Å². The van der Waals surface area contributed by atoms with E-state index in [0.29, 0.717) is 18.7 Å². The lowest BCUT2D eigenvalue weighted by atomic mass is 10.1. The van der Waals surface area contributed by atoms with Gasteiger partial charge in [0.05, 0.1) is 5.56 Å². The van der Waals surface area contributed by atoms with E-state index in [4.69, 9.17) is 5.11 Å². The summed E-state index contributed by atoms with van der Waals surface area (Å²) in [5.41, 5.74) is 1.66. The van der Waals surface area contributed by atoms with E-state index in [2.05, 4.69) is 4.98 Å². The third-order valence-electron chi connectivity index (χ3n) is 3.46. The third kappa shape index (κ3) is 2.20. The summed E-state index contributed by atoms with van der Waals surface area (Å²) in [6, 6.07) is 7.60. The van der Waals surface area contributed by atoms with Crippen LogP contribution < -0.4 is 4.90 Å². The number of fused-ring (bicyclic) bond motifs is 1. The predicted octanol–water partition coefficient (Wildman–Crippen LogP) is 1.69. The zero-order valence-electron chi connectivity index (χ0n) is 11.0. The molecular formula is C15H12N2O4. The molecule has 0 atom stereocenters. The quantitative estimate of drug-likeness (QED) is 0.875. The Labute approximate surface area is 120 Å². The Kier molecular flexibility index (Phi) is 3.06. The van der Waals surface area contributed by atoms with Gasteiger partial charge in [-0.05, 0) is 42.3 Å². The first-order valence-corrected chi connectivity index (χ1v) is 6.40. The Morgan fingerprint density at radius 1 is 1.24 bits per heavy atom. The van der Waals surface area contributed by atoms with Crippen LogP contribution in [0.3, 0.4) is 0 Å². The number of carboxylic acid groups (broad SMARTS) is 1. The van der Waals surface area contributed by atoms with Crippen molar-refractivity contribution >= 4 is 17.6 Å². The maximum atomic E-state index is 12.4. The van der Waals surface area contributed by atoms with Gasteiger partial charge >= 0.3 is 5.97 Å². The molecule has 0 saturated heterocycles. The van der Waals surface area contributed by atoms with Crippen LogP contribution >= 0.6 is 0 Å². The lowest BCUT2D eigenvalue weighted by molar-refractivity contribution is 0.0696. The van der Waals surface area contributed by atoms with Gasteiger partial charge in [-0.15, -0.1) is 0 Å². The number of carbonyl (C=O) groups is 2. The Bertz CT molecular complexity index is 742. The normalized spacial score (nSPS) is 13.0. The Balaban J connectivity index is 1.96. The molecule has 0 bridgehead atoms. The monoisotopic (exact) mass is 284 g/mol. The van der Waals surface area contributed by atoms with Gasteiger partial charge in [0, 0.05) is 18.4 Å². The third-order valence-corrected chi connectivity index (χ3v) is 3.46. The summed E-state index contributed by atoms with van der Waals surface area (Å²) in [6.45, 7) is 0.438. The molecule has 0 aliphatic carbocycles. The number of nitrogens with zero attached hydrogens (tertiary/aromatic N) is 2. The average molecular weight is 284 g/mol. The van der Waals surface area contributed by atoms with E-state index in [9.17, 15) is 14.7 Å². The van der Waals surface area contributed by atoms with Gasteiger partial charge < -0.3 is 15.1 Å². The van der Waals surface area contributed by atoms with Crippen LogP contribution in [0.4, 0.5) is 5.69 Å². The molecule has 0 fully saturated rings. The van der Waals surface area contributed by atoms with Crippen LogP contribution in [0.2, 0.25) is 0 Å². The molecular weight excluding hydrogens is 272 g/mol. The summed E-state index contributed by atoms with van der Waals surface area (Å²) in [7, 11) is 0. The number of hydrogen-bond donors (Lipinski definition) is 2. The van der Waals surface area contributed by atoms with Crippen molar-refractivity contribution in [3.05, 3.63) is 53.3 Å². The van der Waals surface area contributed by atoms with Crippen molar-refractivity contribution in [1.29, 1.82) is 0 Å². The van der Waals surface area contributed by atoms with Crippen molar-refractivity contribution in [2.75, 3.05) is 11.4 Å². The number of anilines is 1. The molecule has 106 valence electrons. The first-order valence-electron chi connectivity index (χ1n) is 6.40. The Morgan fingerprint density at radius 2 is 2.05 bits per heavy atom. The lowest BCUT2D eigenvalue weighted by Crippen LogP contribution is -2.29. The molecule has 6 heteroatoms. The number of benzene rings is 1. The van der Waals surface area contributed by atoms with Gasteiger partial charge in [-0.1, -0.05) is 0 Å². The van der Waals surface area contributed by atoms with E-state index in [1.54, 1.807) is 18.2 Å². The summed E-state index contributed by atoms with van der Waals surface area (Å²) < 4.78 is 0.